The van der Waals surface area contributed by atoms with Crippen LogP contribution in [-0.4, -0.2) is 10.9 Å². The number of nitrogens with zero attached hydrogens (tertiary/aromatic N) is 1. The van der Waals surface area contributed by atoms with Crippen LogP contribution in [0.4, 0.5) is 4.39 Å². The minimum absolute atomic E-state index is 0.257. The Morgan fingerprint density at radius 3 is 2.62 bits per heavy atom. The molecule has 1 aromatic heterocycles. The number of halogens is 2. The smallest absolute Gasteiger partial charge is 0.252 e. The van der Waals surface area contributed by atoms with Crippen molar-refractivity contribution in [2.24, 2.45) is 0 Å². The SMILES string of the molecule is O=C(NCc1ccc(F)cc1)c1ccccc1-c1ncc(-c2cccc(Br)c2)o1. The van der Waals surface area contributed by atoms with Crippen molar-refractivity contribution >= 4 is 21.8 Å². The van der Waals surface area contributed by atoms with Crippen LogP contribution in [-0.2, 0) is 6.54 Å². The monoisotopic (exact) mass is 450 g/mol. The molecule has 3 aromatic carbocycles. The Morgan fingerprint density at radius 1 is 1.03 bits per heavy atom. The molecule has 0 unspecified atom stereocenters. The number of oxazole rings is 1. The van der Waals surface area contributed by atoms with Crippen LogP contribution in [0.1, 0.15) is 15.9 Å². The number of aromatic nitrogens is 1. The summed E-state index contributed by atoms with van der Waals surface area (Å²) in [6.07, 6.45) is 1.64. The number of hydrogen-bond acceptors (Lipinski definition) is 3. The van der Waals surface area contributed by atoms with Crippen LogP contribution in [0.3, 0.4) is 0 Å². The summed E-state index contributed by atoms with van der Waals surface area (Å²) in [7, 11) is 0. The summed E-state index contributed by atoms with van der Waals surface area (Å²) in [5.74, 6) is 0.415. The van der Waals surface area contributed by atoms with E-state index in [0.717, 1.165) is 15.6 Å². The largest absolute Gasteiger partial charge is 0.436 e. The number of hydrogen-bond donors (Lipinski definition) is 1. The van der Waals surface area contributed by atoms with Gasteiger partial charge in [-0.1, -0.05) is 52.3 Å². The maximum Gasteiger partial charge on any atom is 0.252 e. The fraction of sp³-hybridized carbons (Fsp3) is 0.0435. The maximum atomic E-state index is 13.0. The van der Waals surface area contributed by atoms with Gasteiger partial charge in [-0.25, -0.2) is 9.37 Å². The van der Waals surface area contributed by atoms with Gasteiger partial charge in [0, 0.05) is 22.1 Å². The molecular weight excluding hydrogens is 435 g/mol. The Morgan fingerprint density at radius 2 is 1.83 bits per heavy atom. The number of carbonyl (C=O) groups excluding carboxylic acids is 1. The normalized spacial score (nSPS) is 10.7. The fourth-order valence-electron chi connectivity index (χ4n) is 2.92. The molecule has 4 rings (SSSR count). The highest BCUT2D eigenvalue weighted by Gasteiger charge is 2.17. The number of nitrogens with one attached hydrogen (secondary N) is 1. The third kappa shape index (κ3) is 4.43. The summed E-state index contributed by atoms with van der Waals surface area (Å²) < 4.78 is 19.9. The van der Waals surface area contributed by atoms with Gasteiger partial charge in [0.15, 0.2) is 5.76 Å². The van der Waals surface area contributed by atoms with Gasteiger partial charge >= 0.3 is 0 Å². The second-order valence-corrected chi connectivity index (χ2v) is 7.31. The quantitative estimate of drug-likeness (QED) is 0.415. The molecule has 0 saturated heterocycles. The number of benzene rings is 3. The van der Waals surface area contributed by atoms with E-state index < -0.39 is 0 Å². The Labute approximate surface area is 175 Å². The molecular formula is C23H16BrFN2O2. The Bertz CT molecular complexity index is 1160. The van der Waals surface area contributed by atoms with Crippen LogP contribution in [0.15, 0.2) is 87.9 Å². The van der Waals surface area contributed by atoms with Crippen molar-refractivity contribution in [3.8, 4) is 22.8 Å². The molecule has 0 saturated carbocycles. The van der Waals surface area contributed by atoms with Crippen molar-refractivity contribution in [1.82, 2.24) is 10.3 Å². The zero-order chi connectivity index (χ0) is 20.2. The van der Waals surface area contributed by atoms with Crippen LogP contribution in [0.25, 0.3) is 22.8 Å². The van der Waals surface area contributed by atoms with Crippen LogP contribution in [0.2, 0.25) is 0 Å². The highest BCUT2D eigenvalue weighted by molar-refractivity contribution is 9.10. The first-order valence-electron chi connectivity index (χ1n) is 8.94. The summed E-state index contributed by atoms with van der Waals surface area (Å²) in [4.78, 5) is 17.1. The molecule has 0 fully saturated rings. The van der Waals surface area contributed by atoms with E-state index in [1.54, 1.807) is 36.5 Å². The standard InChI is InChI=1S/C23H16BrFN2O2/c24-17-5-3-4-16(12-17)21-14-27-23(29-21)20-7-2-1-6-19(20)22(28)26-13-15-8-10-18(25)11-9-15/h1-12,14H,13H2,(H,26,28). The Kier molecular flexibility index (Phi) is 5.53. The Balaban J connectivity index is 1.57. The molecule has 0 atom stereocenters. The molecule has 0 aliphatic carbocycles. The van der Waals surface area contributed by atoms with E-state index in [1.165, 1.54) is 12.1 Å². The third-order valence-electron chi connectivity index (χ3n) is 4.38. The van der Waals surface area contributed by atoms with Crippen molar-refractivity contribution in [3.63, 3.8) is 0 Å². The fourth-order valence-corrected chi connectivity index (χ4v) is 3.32. The lowest BCUT2D eigenvalue weighted by Gasteiger charge is -2.08. The van der Waals surface area contributed by atoms with E-state index in [9.17, 15) is 9.18 Å². The van der Waals surface area contributed by atoms with E-state index >= 15 is 0 Å². The zero-order valence-electron chi connectivity index (χ0n) is 15.2. The first-order chi connectivity index (χ1) is 14.1. The minimum atomic E-state index is -0.310. The second-order valence-electron chi connectivity index (χ2n) is 6.39. The molecule has 1 N–H and O–H groups in total. The summed E-state index contributed by atoms with van der Waals surface area (Å²) in [5, 5.41) is 2.85. The molecule has 144 valence electrons. The van der Waals surface area contributed by atoms with E-state index in [4.69, 9.17) is 4.42 Å². The first-order valence-corrected chi connectivity index (χ1v) is 9.73. The van der Waals surface area contributed by atoms with Gasteiger partial charge in [0.05, 0.1) is 11.8 Å². The molecule has 0 aliphatic heterocycles. The van der Waals surface area contributed by atoms with Crippen LogP contribution < -0.4 is 5.32 Å². The maximum absolute atomic E-state index is 13.0. The highest BCUT2D eigenvalue weighted by atomic mass is 79.9. The van der Waals surface area contributed by atoms with Crippen molar-refractivity contribution in [2.45, 2.75) is 6.54 Å². The Hall–Kier alpha value is -3.25. The molecule has 1 amide bonds. The van der Waals surface area contributed by atoms with Gasteiger partial charge in [-0.05, 0) is 42.0 Å². The van der Waals surface area contributed by atoms with Gasteiger partial charge in [0.1, 0.15) is 5.82 Å². The van der Waals surface area contributed by atoms with E-state index in [-0.39, 0.29) is 11.7 Å². The van der Waals surface area contributed by atoms with Crippen LogP contribution >= 0.6 is 15.9 Å². The lowest BCUT2D eigenvalue weighted by atomic mass is 10.1. The molecule has 29 heavy (non-hydrogen) atoms. The van der Waals surface area contributed by atoms with Gasteiger partial charge in [-0.15, -0.1) is 0 Å². The lowest BCUT2D eigenvalue weighted by Crippen LogP contribution is -2.23. The van der Waals surface area contributed by atoms with E-state index in [0.29, 0.717) is 29.3 Å². The molecule has 0 aliphatic rings. The second kappa shape index (κ2) is 8.41. The predicted octanol–water partition coefficient (Wildman–Crippen LogP) is 5.84. The zero-order valence-corrected chi connectivity index (χ0v) is 16.8. The van der Waals surface area contributed by atoms with Crippen molar-refractivity contribution in [1.29, 1.82) is 0 Å². The molecule has 4 aromatic rings. The summed E-state index contributed by atoms with van der Waals surface area (Å²) in [6.45, 7) is 0.294. The summed E-state index contributed by atoms with van der Waals surface area (Å²) >= 11 is 3.45. The topological polar surface area (TPSA) is 55.1 Å². The van der Waals surface area contributed by atoms with Gasteiger partial charge < -0.3 is 9.73 Å². The van der Waals surface area contributed by atoms with Crippen molar-refractivity contribution in [3.05, 3.63) is 100 Å². The average molecular weight is 451 g/mol. The lowest BCUT2D eigenvalue weighted by molar-refractivity contribution is 0.0951. The number of amides is 1. The average Bonchev–Trinajstić information content (AvgIpc) is 3.23. The van der Waals surface area contributed by atoms with Gasteiger partial charge in [-0.2, -0.15) is 0 Å². The minimum Gasteiger partial charge on any atom is -0.436 e. The number of carbonyl (C=O) groups is 1. The molecule has 0 radical (unpaired) electrons. The van der Waals surface area contributed by atoms with Crippen molar-refractivity contribution in [2.75, 3.05) is 0 Å². The summed E-state index contributed by atoms with van der Waals surface area (Å²) in [6, 6.07) is 20.9. The molecule has 0 spiro atoms. The molecule has 4 nitrogen and oxygen atoms in total. The van der Waals surface area contributed by atoms with Gasteiger partial charge in [0.25, 0.3) is 5.91 Å². The van der Waals surface area contributed by atoms with E-state index in [2.05, 4.69) is 26.2 Å². The molecule has 1 heterocycles. The molecule has 0 bridgehead atoms. The number of rotatable bonds is 5. The van der Waals surface area contributed by atoms with Gasteiger partial charge in [-0.3, -0.25) is 4.79 Å². The molecule has 6 heteroatoms. The van der Waals surface area contributed by atoms with Crippen molar-refractivity contribution < 1.29 is 13.6 Å². The third-order valence-corrected chi connectivity index (χ3v) is 4.88. The van der Waals surface area contributed by atoms with Gasteiger partial charge in [0.2, 0.25) is 5.89 Å². The highest BCUT2D eigenvalue weighted by Crippen LogP contribution is 2.29. The summed E-state index contributed by atoms with van der Waals surface area (Å²) in [5.41, 5.74) is 2.75. The predicted molar refractivity (Wildman–Crippen MR) is 113 cm³/mol. The van der Waals surface area contributed by atoms with Crippen LogP contribution in [0, 0.1) is 5.82 Å². The van der Waals surface area contributed by atoms with E-state index in [1.807, 2.05) is 30.3 Å². The van der Waals surface area contributed by atoms with Crippen LogP contribution in [0.5, 0.6) is 0 Å². The first kappa shape index (κ1) is 19.1.